The second kappa shape index (κ2) is 8.24. The van der Waals surface area contributed by atoms with Gasteiger partial charge in [-0.25, -0.2) is 9.37 Å². The van der Waals surface area contributed by atoms with Gasteiger partial charge in [0.2, 0.25) is 5.91 Å². The highest BCUT2D eigenvalue weighted by molar-refractivity contribution is 7.99. The van der Waals surface area contributed by atoms with Gasteiger partial charge in [0.1, 0.15) is 5.82 Å². The first-order valence-electron chi connectivity index (χ1n) is 7.83. The molecule has 0 saturated carbocycles. The van der Waals surface area contributed by atoms with Crippen molar-refractivity contribution < 1.29 is 22.4 Å². The predicted octanol–water partition coefficient (Wildman–Crippen LogP) is 5.62. The number of rotatable bonds is 5. The minimum Gasteiger partial charge on any atom is -0.333 e. The summed E-state index contributed by atoms with van der Waals surface area (Å²) in [4.78, 5) is 19.1. The average molecular weight is 430 g/mol. The summed E-state index contributed by atoms with van der Waals surface area (Å²) < 4.78 is 52.2. The number of carbonyl (C=O) groups excluding carboxylic acids is 1. The lowest BCUT2D eigenvalue weighted by Gasteiger charge is -2.13. The summed E-state index contributed by atoms with van der Waals surface area (Å²) in [5.41, 5.74) is -0.0509. The Kier molecular flexibility index (Phi) is 5.95. The number of H-pyrrole nitrogens is 1. The van der Waals surface area contributed by atoms with Gasteiger partial charge in [-0.1, -0.05) is 23.4 Å². The van der Waals surface area contributed by atoms with Crippen LogP contribution >= 0.6 is 23.4 Å². The summed E-state index contributed by atoms with van der Waals surface area (Å²) in [5.74, 6) is -1.15. The number of halogens is 5. The fourth-order valence-corrected chi connectivity index (χ4v) is 3.15. The number of alkyl halides is 3. The Morgan fingerprint density at radius 3 is 2.57 bits per heavy atom. The number of hydrogen-bond acceptors (Lipinski definition) is 3. The van der Waals surface area contributed by atoms with E-state index in [1.807, 2.05) is 0 Å². The molecular weight excluding hydrogens is 418 g/mol. The standard InChI is InChI=1S/C18H12ClF4N3OS/c19-11-3-6-14(13(7-11)18(21,22)23)25-16(27)9-28-17-24-8-15(26-17)10-1-4-12(20)5-2-10/h1-8H,9H2,(H,24,26)(H,25,27). The minimum absolute atomic E-state index is 0.0800. The highest BCUT2D eigenvalue weighted by atomic mass is 35.5. The highest BCUT2D eigenvalue weighted by Gasteiger charge is 2.34. The number of amides is 1. The molecule has 0 unspecified atom stereocenters. The van der Waals surface area contributed by atoms with Crippen LogP contribution in [0.4, 0.5) is 23.2 Å². The molecule has 146 valence electrons. The topological polar surface area (TPSA) is 57.8 Å². The van der Waals surface area contributed by atoms with E-state index in [1.54, 1.807) is 12.1 Å². The zero-order valence-electron chi connectivity index (χ0n) is 14.0. The molecule has 2 N–H and O–H groups in total. The van der Waals surface area contributed by atoms with Crippen molar-refractivity contribution in [2.45, 2.75) is 11.3 Å². The van der Waals surface area contributed by atoms with Crippen LogP contribution in [0, 0.1) is 5.82 Å². The number of aromatic nitrogens is 2. The molecule has 0 saturated heterocycles. The van der Waals surface area contributed by atoms with Crippen LogP contribution in [-0.2, 0) is 11.0 Å². The first-order chi connectivity index (χ1) is 13.2. The van der Waals surface area contributed by atoms with E-state index >= 15 is 0 Å². The molecule has 10 heteroatoms. The van der Waals surface area contributed by atoms with Gasteiger partial charge in [0.05, 0.1) is 28.9 Å². The Morgan fingerprint density at radius 1 is 1.18 bits per heavy atom. The normalized spacial score (nSPS) is 11.5. The molecule has 1 aromatic heterocycles. The Bertz CT molecular complexity index is 989. The largest absolute Gasteiger partial charge is 0.418 e. The van der Waals surface area contributed by atoms with Crippen molar-refractivity contribution in [1.82, 2.24) is 9.97 Å². The molecule has 0 radical (unpaired) electrons. The molecule has 0 fully saturated rings. The molecule has 4 nitrogen and oxygen atoms in total. The molecule has 2 aromatic carbocycles. The lowest BCUT2D eigenvalue weighted by Crippen LogP contribution is -2.18. The van der Waals surface area contributed by atoms with Gasteiger partial charge in [-0.15, -0.1) is 0 Å². The zero-order valence-corrected chi connectivity index (χ0v) is 15.6. The summed E-state index contributed by atoms with van der Waals surface area (Å²) >= 11 is 6.63. The van der Waals surface area contributed by atoms with Crippen LogP contribution in [0.1, 0.15) is 5.56 Å². The molecule has 1 amide bonds. The van der Waals surface area contributed by atoms with E-state index in [9.17, 15) is 22.4 Å². The van der Waals surface area contributed by atoms with Crippen molar-refractivity contribution in [1.29, 1.82) is 0 Å². The summed E-state index contributed by atoms with van der Waals surface area (Å²) in [5, 5.41) is 2.56. The fourth-order valence-electron chi connectivity index (χ4n) is 2.33. The monoisotopic (exact) mass is 429 g/mol. The summed E-state index contributed by atoms with van der Waals surface area (Å²) in [7, 11) is 0. The van der Waals surface area contributed by atoms with Crippen LogP contribution < -0.4 is 5.32 Å². The van der Waals surface area contributed by atoms with Gasteiger partial charge in [-0.2, -0.15) is 13.2 Å². The Labute approximate surface area is 166 Å². The summed E-state index contributed by atoms with van der Waals surface area (Å²) in [6, 6.07) is 8.88. The van der Waals surface area contributed by atoms with Gasteiger partial charge in [-0.05, 0) is 48.0 Å². The third-order valence-corrected chi connectivity index (χ3v) is 4.73. The van der Waals surface area contributed by atoms with E-state index < -0.39 is 17.6 Å². The lowest BCUT2D eigenvalue weighted by atomic mass is 10.1. The van der Waals surface area contributed by atoms with E-state index in [-0.39, 0.29) is 22.3 Å². The quantitative estimate of drug-likeness (QED) is 0.409. The third-order valence-electron chi connectivity index (χ3n) is 3.61. The van der Waals surface area contributed by atoms with E-state index in [1.165, 1.54) is 24.4 Å². The zero-order chi connectivity index (χ0) is 20.3. The highest BCUT2D eigenvalue weighted by Crippen LogP contribution is 2.36. The Hall–Kier alpha value is -2.52. The van der Waals surface area contributed by atoms with Crippen LogP contribution in [0.15, 0.2) is 53.8 Å². The van der Waals surface area contributed by atoms with Gasteiger partial charge < -0.3 is 10.3 Å². The number of aromatic amines is 1. The number of thioether (sulfide) groups is 1. The molecule has 0 spiro atoms. The van der Waals surface area contributed by atoms with E-state index in [0.29, 0.717) is 16.4 Å². The lowest BCUT2D eigenvalue weighted by molar-refractivity contribution is -0.137. The van der Waals surface area contributed by atoms with E-state index in [2.05, 4.69) is 15.3 Å². The molecule has 1 heterocycles. The second-order valence-corrected chi connectivity index (χ2v) is 7.03. The van der Waals surface area contributed by atoms with Crippen LogP contribution in [0.25, 0.3) is 11.3 Å². The molecule has 0 bridgehead atoms. The maximum absolute atomic E-state index is 13.1. The van der Waals surface area contributed by atoms with Crippen molar-refractivity contribution in [2.24, 2.45) is 0 Å². The van der Waals surface area contributed by atoms with Gasteiger partial charge in [0, 0.05) is 5.02 Å². The predicted molar refractivity (Wildman–Crippen MR) is 99.8 cm³/mol. The maximum Gasteiger partial charge on any atom is 0.418 e. The van der Waals surface area contributed by atoms with Gasteiger partial charge in [0.15, 0.2) is 5.16 Å². The van der Waals surface area contributed by atoms with Crippen LogP contribution in [0.3, 0.4) is 0 Å². The van der Waals surface area contributed by atoms with Crippen molar-refractivity contribution >= 4 is 35.0 Å². The van der Waals surface area contributed by atoms with Gasteiger partial charge in [-0.3, -0.25) is 4.79 Å². The molecule has 0 aliphatic carbocycles. The van der Waals surface area contributed by atoms with Crippen LogP contribution in [0.5, 0.6) is 0 Å². The van der Waals surface area contributed by atoms with Gasteiger partial charge in [0.25, 0.3) is 0 Å². The molecule has 0 aliphatic heterocycles. The first kappa shape index (κ1) is 20.2. The summed E-state index contributed by atoms with van der Waals surface area (Å²) in [6.45, 7) is 0. The van der Waals surface area contributed by atoms with E-state index in [0.717, 1.165) is 23.9 Å². The maximum atomic E-state index is 13.1. The minimum atomic E-state index is -4.65. The molecular formula is C18H12ClF4N3OS. The molecule has 3 aromatic rings. The van der Waals surface area contributed by atoms with Gasteiger partial charge >= 0.3 is 6.18 Å². The number of benzene rings is 2. The SMILES string of the molecule is O=C(CSc1ncc(-c2ccc(F)cc2)[nH]1)Nc1ccc(Cl)cc1C(F)(F)F. The van der Waals surface area contributed by atoms with Crippen LogP contribution in [-0.4, -0.2) is 21.6 Å². The number of imidazole rings is 1. The number of anilines is 1. The summed E-state index contributed by atoms with van der Waals surface area (Å²) in [6.07, 6.45) is -3.12. The Morgan fingerprint density at radius 2 is 1.89 bits per heavy atom. The first-order valence-corrected chi connectivity index (χ1v) is 9.19. The average Bonchev–Trinajstić information content (AvgIpc) is 3.10. The molecule has 3 rings (SSSR count). The van der Waals surface area contributed by atoms with Crippen molar-refractivity contribution in [3.05, 3.63) is 65.1 Å². The number of nitrogens with zero attached hydrogens (tertiary/aromatic N) is 1. The molecule has 0 aliphatic rings. The molecule has 28 heavy (non-hydrogen) atoms. The fraction of sp³-hybridized carbons (Fsp3) is 0.111. The van der Waals surface area contributed by atoms with E-state index in [4.69, 9.17) is 11.6 Å². The third kappa shape index (κ3) is 5.05. The van der Waals surface area contributed by atoms with Crippen LogP contribution in [0.2, 0.25) is 5.02 Å². The van der Waals surface area contributed by atoms with Crippen molar-refractivity contribution in [2.75, 3.05) is 11.1 Å². The molecule has 0 atom stereocenters. The number of carbonyl (C=O) groups is 1. The van der Waals surface area contributed by atoms with Crippen molar-refractivity contribution in [3.8, 4) is 11.3 Å². The Balaban J connectivity index is 1.63. The van der Waals surface area contributed by atoms with Crippen molar-refractivity contribution in [3.63, 3.8) is 0 Å². The second-order valence-electron chi connectivity index (χ2n) is 5.63. The number of nitrogens with one attached hydrogen (secondary N) is 2. The smallest absolute Gasteiger partial charge is 0.333 e. The number of hydrogen-bond donors (Lipinski definition) is 2.